The normalized spacial score (nSPS) is 23.7. The molecule has 0 saturated carbocycles. The van der Waals surface area contributed by atoms with Crippen LogP contribution in [0.1, 0.15) is 35.8 Å². The molecule has 1 fully saturated rings. The van der Waals surface area contributed by atoms with Gasteiger partial charge in [0, 0.05) is 38.7 Å². The molecule has 0 radical (unpaired) electrons. The molecule has 3 atom stereocenters. The Morgan fingerprint density at radius 1 is 1.23 bits per heavy atom. The van der Waals surface area contributed by atoms with Crippen LogP contribution < -0.4 is 5.32 Å². The zero-order valence-corrected chi connectivity index (χ0v) is 20.1. The van der Waals surface area contributed by atoms with Gasteiger partial charge in [0.25, 0.3) is 11.8 Å². The van der Waals surface area contributed by atoms with Crippen LogP contribution in [0, 0.1) is 0 Å². The van der Waals surface area contributed by atoms with Gasteiger partial charge in [0.2, 0.25) is 0 Å². The number of carbonyl (C=O) groups excluding carboxylic acids is 2. The molecule has 0 aromatic carbocycles. The molecule has 0 aliphatic carbocycles. The molecule has 4 rings (SSSR count). The van der Waals surface area contributed by atoms with E-state index in [1.807, 2.05) is 6.07 Å². The Balaban J connectivity index is 1.47. The standard InChI is InChI=1S/C21H26ClN3O4S2/c1-24-7-6-12-8-17(31-19(12)14(24)11-28-2)21(27)25-9-13(15(10-25)29-3)23-20(26)16-4-5-18(22)30-16/h4-5,8,13-15H,6-7,9-11H2,1-3H3,(H,23,26)/t13-,14?,15-/m0/s1. The lowest BCUT2D eigenvalue weighted by Gasteiger charge is -2.31. The first-order valence-corrected chi connectivity index (χ1v) is 12.1. The Bertz CT molecular complexity index is 962. The van der Waals surface area contributed by atoms with Gasteiger partial charge >= 0.3 is 0 Å². The predicted octanol–water partition coefficient (Wildman–Crippen LogP) is 2.91. The summed E-state index contributed by atoms with van der Waals surface area (Å²) in [6.07, 6.45) is 0.670. The first-order valence-electron chi connectivity index (χ1n) is 10.1. The number of rotatable bonds is 6. The van der Waals surface area contributed by atoms with Gasteiger partial charge in [0.05, 0.1) is 38.9 Å². The Morgan fingerprint density at radius 3 is 2.71 bits per heavy atom. The van der Waals surface area contributed by atoms with Gasteiger partial charge < -0.3 is 19.7 Å². The van der Waals surface area contributed by atoms with E-state index in [2.05, 4.69) is 17.3 Å². The number of nitrogens with one attached hydrogen (secondary N) is 1. The number of fused-ring (bicyclic) bond motifs is 1. The minimum absolute atomic E-state index is 0.0174. The van der Waals surface area contributed by atoms with Crippen LogP contribution in [0.25, 0.3) is 0 Å². The summed E-state index contributed by atoms with van der Waals surface area (Å²) in [6.45, 7) is 2.40. The number of ether oxygens (including phenoxy) is 2. The van der Waals surface area contributed by atoms with Gasteiger partial charge in [-0.3, -0.25) is 14.5 Å². The van der Waals surface area contributed by atoms with Crippen molar-refractivity contribution in [2.24, 2.45) is 0 Å². The van der Waals surface area contributed by atoms with E-state index in [4.69, 9.17) is 21.1 Å². The molecule has 31 heavy (non-hydrogen) atoms. The molecule has 2 amide bonds. The summed E-state index contributed by atoms with van der Waals surface area (Å²) in [6, 6.07) is 5.33. The zero-order valence-electron chi connectivity index (χ0n) is 17.7. The van der Waals surface area contributed by atoms with Crippen LogP contribution in [-0.4, -0.2) is 81.3 Å². The van der Waals surface area contributed by atoms with Gasteiger partial charge in [0.15, 0.2) is 0 Å². The van der Waals surface area contributed by atoms with Crippen LogP contribution in [0.3, 0.4) is 0 Å². The van der Waals surface area contributed by atoms with E-state index in [1.54, 1.807) is 42.6 Å². The van der Waals surface area contributed by atoms with Crippen molar-refractivity contribution in [2.45, 2.75) is 24.6 Å². The van der Waals surface area contributed by atoms with Gasteiger partial charge in [-0.1, -0.05) is 11.6 Å². The summed E-state index contributed by atoms with van der Waals surface area (Å²) in [5.41, 5.74) is 1.23. The smallest absolute Gasteiger partial charge is 0.264 e. The highest BCUT2D eigenvalue weighted by Gasteiger charge is 2.38. The maximum Gasteiger partial charge on any atom is 0.264 e. The summed E-state index contributed by atoms with van der Waals surface area (Å²) in [5, 5.41) is 3.00. The Morgan fingerprint density at radius 2 is 2.03 bits per heavy atom. The number of hydrogen-bond acceptors (Lipinski definition) is 7. The van der Waals surface area contributed by atoms with Gasteiger partial charge in [-0.2, -0.15) is 0 Å². The SMILES string of the molecule is COCC1c2sc(C(=O)N3C[C@H](NC(=O)c4ccc(Cl)s4)[C@@H](OC)C3)cc2CCN1C. The molecule has 7 nitrogen and oxygen atoms in total. The van der Waals surface area contributed by atoms with E-state index in [9.17, 15) is 9.59 Å². The van der Waals surface area contributed by atoms with Crippen molar-refractivity contribution in [3.63, 3.8) is 0 Å². The first-order chi connectivity index (χ1) is 14.9. The lowest BCUT2D eigenvalue weighted by molar-refractivity contribution is 0.0695. The summed E-state index contributed by atoms with van der Waals surface area (Å²) in [7, 11) is 5.40. The molecule has 2 aromatic rings. The molecule has 10 heteroatoms. The fraction of sp³-hybridized carbons (Fsp3) is 0.524. The summed E-state index contributed by atoms with van der Waals surface area (Å²) >= 11 is 8.73. The highest BCUT2D eigenvalue weighted by atomic mass is 35.5. The quantitative estimate of drug-likeness (QED) is 0.684. The van der Waals surface area contributed by atoms with Gasteiger partial charge in [-0.05, 0) is 37.2 Å². The zero-order chi connectivity index (χ0) is 22.1. The fourth-order valence-electron chi connectivity index (χ4n) is 4.19. The molecule has 1 unspecified atom stereocenters. The topological polar surface area (TPSA) is 71.1 Å². The highest BCUT2D eigenvalue weighted by molar-refractivity contribution is 7.18. The van der Waals surface area contributed by atoms with Crippen LogP contribution in [0.2, 0.25) is 4.34 Å². The van der Waals surface area contributed by atoms with Crippen molar-refractivity contribution in [3.05, 3.63) is 42.7 Å². The molecular formula is C21H26ClN3O4S2. The minimum atomic E-state index is -0.274. The van der Waals surface area contributed by atoms with Crippen molar-refractivity contribution in [3.8, 4) is 0 Å². The second-order valence-corrected chi connectivity index (χ2v) is 10.7. The number of methoxy groups -OCH3 is 2. The predicted molar refractivity (Wildman–Crippen MR) is 123 cm³/mol. The number of halogens is 1. The van der Waals surface area contributed by atoms with E-state index in [0.717, 1.165) is 17.8 Å². The number of hydrogen-bond donors (Lipinski definition) is 1. The summed E-state index contributed by atoms with van der Waals surface area (Å²) in [5.74, 6) is -0.216. The molecule has 168 valence electrons. The van der Waals surface area contributed by atoms with Crippen LogP contribution in [-0.2, 0) is 15.9 Å². The van der Waals surface area contributed by atoms with E-state index < -0.39 is 0 Å². The van der Waals surface area contributed by atoms with E-state index >= 15 is 0 Å². The summed E-state index contributed by atoms with van der Waals surface area (Å²) in [4.78, 5) is 32.4. The highest BCUT2D eigenvalue weighted by Crippen LogP contribution is 2.36. The van der Waals surface area contributed by atoms with Crippen molar-refractivity contribution in [2.75, 3.05) is 47.5 Å². The van der Waals surface area contributed by atoms with Crippen molar-refractivity contribution < 1.29 is 19.1 Å². The Hall–Kier alpha value is -1.49. The molecule has 2 aromatic heterocycles. The lowest BCUT2D eigenvalue weighted by Crippen LogP contribution is -2.43. The Kier molecular flexibility index (Phi) is 7.00. The summed E-state index contributed by atoms with van der Waals surface area (Å²) < 4.78 is 11.5. The van der Waals surface area contributed by atoms with Gasteiger partial charge in [-0.15, -0.1) is 22.7 Å². The number of likely N-dealkylation sites (tertiary alicyclic amines) is 1. The average molecular weight is 484 g/mol. The number of thiophene rings is 2. The fourth-order valence-corrected chi connectivity index (χ4v) is 6.46. The number of likely N-dealkylation sites (N-methyl/N-ethyl adjacent to an activating group) is 1. The molecule has 1 saturated heterocycles. The van der Waals surface area contributed by atoms with Gasteiger partial charge in [0.1, 0.15) is 0 Å². The third kappa shape index (κ3) is 4.67. The molecule has 1 N–H and O–H groups in total. The van der Waals surface area contributed by atoms with Crippen LogP contribution >= 0.6 is 34.3 Å². The molecule has 2 aliphatic heterocycles. The lowest BCUT2D eigenvalue weighted by atomic mass is 10.0. The maximum absolute atomic E-state index is 13.3. The van der Waals surface area contributed by atoms with Crippen molar-refractivity contribution >= 4 is 46.1 Å². The molecule has 4 heterocycles. The van der Waals surface area contributed by atoms with Crippen LogP contribution in [0.5, 0.6) is 0 Å². The second-order valence-electron chi connectivity index (χ2n) is 7.87. The third-order valence-electron chi connectivity index (χ3n) is 5.92. The van der Waals surface area contributed by atoms with Gasteiger partial charge in [-0.25, -0.2) is 0 Å². The average Bonchev–Trinajstić information content (AvgIpc) is 3.47. The molecular weight excluding hydrogens is 458 g/mol. The molecule has 0 bridgehead atoms. The number of amides is 2. The van der Waals surface area contributed by atoms with E-state index in [1.165, 1.54) is 21.8 Å². The number of nitrogens with zero attached hydrogens (tertiary/aromatic N) is 2. The number of carbonyl (C=O) groups is 2. The second kappa shape index (κ2) is 9.56. The van der Waals surface area contributed by atoms with Crippen LogP contribution in [0.15, 0.2) is 18.2 Å². The molecule has 2 aliphatic rings. The van der Waals surface area contributed by atoms with E-state index in [0.29, 0.717) is 28.9 Å². The monoisotopic (exact) mass is 483 g/mol. The Labute approximate surface area is 194 Å². The van der Waals surface area contributed by atoms with Crippen molar-refractivity contribution in [1.29, 1.82) is 0 Å². The largest absolute Gasteiger partial charge is 0.383 e. The van der Waals surface area contributed by atoms with E-state index in [-0.39, 0.29) is 30.0 Å². The van der Waals surface area contributed by atoms with Crippen LogP contribution in [0.4, 0.5) is 0 Å². The maximum atomic E-state index is 13.3. The third-order valence-corrected chi connectivity index (χ3v) is 8.41. The van der Waals surface area contributed by atoms with Crippen molar-refractivity contribution in [1.82, 2.24) is 15.1 Å². The minimum Gasteiger partial charge on any atom is -0.383 e. The first kappa shape index (κ1) is 22.7. The molecule has 0 spiro atoms.